The Morgan fingerprint density at radius 3 is 1.63 bits per heavy atom. The van der Waals surface area contributed by atoms with E-state index in [2.05, 4.69) is 58.1 Å². The predicted molar refractivity (Wildman–Crippen MR) is 198 cm³/mol. The third kappa shape index (κ3) is 7.35. The van der Waals surface area contributed by atoms with E-state index in [9.17, 15) is 0 Å². The number of pyridine rings is 2. The van der Waals surface area contributed by atoms with Gasteiger partial charge in [0.15, 0.2) is 11.3 Å². The maximum Gasteiger partial charge on any atom is 0.165 e. The number of hydrogen-bond donors (Lipinski definition) is 2. The van der Waals surface area contributed by atoms with Crippen molar-refractivity contribution >= 4 is 22.9 Å². The van der Waals surface area contributed by atoms with Crippen molar-refractivity contribution in [2.75, 3.05) is 10.6 Å². The molecule has 2 N–H and O–H groups in total. The molecule has 0 saturated heterocycles. The number of aromatic nitrogens is 12. The molecule has 14 nitrogen and oxygen atoms in total. The van der Waals surface area contributed by atoms with Crippen molar-refractivity contribution in [1.82, 2.24) is 58.7 Å². The second-order valence-corrected chi connectivity index (χ2v) is 12.0. The fourth-order valence-corrected chi connectivity index (χ4v) is 5.65. The van der Waals surface area contributed by atoms with Gasteiger partial charge < -0.3 is 10.6 Å². The molecule has 8 aromatic heterocycles. The zero-order chi connectivity index (χ0) is 35.1. The van der Waals surface area contributed by atoms with Crippen LogP contribution in [0.3, 0.4) is 0 Å². The number of nitrogens with zero attached hydrogens (tertiary/aromatic N) is 12. The summed E-state index contributed by atoms with van der Waals surface area (Å²) in [6, 6.07) is 22.0. The summed E-state index contributed by atoms with van der Waals surface area (Å²) in [5.41, 5.74) is 8.92. The minimum Gasteiger partial charge on any atom is -0.366 e. The van der Waals surface area contributed by atoms with Gasteiger partial charge in [0.2, 0.25) is 0 Å². The normalized spacial score (nSPS) is 11.0. The Morgan fingerprint density at radius 1 is 0.538 bits per heavy atom. The standard InChI is InChI=1S/C22H19N7.C16H15N7/c1-2-5-17(6-3-1)15-28-16-19(13-25-28)20-14-26-29-10-8-21(27-22(20)29)24-12-18-7-4-9-23-11-18;1-22-11-13(9-19-22)14-10-20-23-6-4-15(21-16(14)23)18-8-12-3-2-5-17-7-12/h1-11,13-14,16H,12,15H2,(H,24,27);2-7,9-11H,8H2,1H3,(H,18,21). The van der Waals surface area contributed by atoms with Crippen LogP contribution in [0.5, 0.6) is 0 Å². The Hall–Kier alpha value is -7.22. The highest BCUT2D eigenvalue weighted by Crippen LogP contribution is 2.25. The molecule has 0 radical (unpaired) electrons. The molecule has 0 amide bonds. The molecule has 0 fully saturated rings. The number of fused-ring (bicyclic) bond motifs is 2. The highest BCUT2D eigenvalue weighted by atomic mass is 15.3. The second kappa shape index (κ2) is 14.7. The van der Waals surface area contributed by atoms with Gasteiger partial charge >= 0.3 is 0 Å². The van der Waals surface area contributed by atoms with Crippen molar-refractivity contribution in [2.24, 2.45) is 7.05 Å². The lowest BCUT2D eigenvalue weighted by atomic mass is 10.2. The Morgan fingerprint density at radius 2 is 1.10 bits per heavy atom. The second-order valence-electron chi connectivity index (χ2n) is 12.0. The minimum atomic E-state index is 0.662. The monoisotopic (exact) mass is 686 g/mol. The van der Waals surface area contributed by atoms with Crippen LogP contribution < -0.4 is 10.6 Å². The summed E-state index contributed by atoms with van der Waals surface area (Å²) in [6.07, 6.45) is 22.3. The summed E-state index contributed by atoms with van der Waals surface area (Å²) in [5.74, 6) is 1.59. The van der Waals surface area contributed by atoms with Gasteiger partial charge in [-0.1, -0.05) is 42.5 Å². The average molecular weight is 687 g/mol. The van der Waals surface area contributed by atoms with Gasteiger partial charge in [0.05, 0.1) is 31.3 Å². The van der Waals surface area contributed by atoms with Crippen molar-refractivity contribution in [3.63, 3.8) is 0 Å². The summed E-state index contributed by atoms with van der Waals surface area (Å²) in [7, 11) is 1.89. The van der Waals surface area contributed by atoms with Gasteiger partial charge in [-0.2, -0.15) is 20.4 Å². The highest BCUT2D eigenvalue weighted by molar-refractivity contribution is 5.77. The Bertz CT molecular complexity index is 2520. The van der Waals surface area contributed by atoms with Gasteiger partial charge in [-0.25, -0.2) is 19.0 Å². The Kier molecular flexibility index (Phi) is 9.06. The average Bonchev–Trinajstić information content (AvgIpc) is 4.01. The molecular weight excluding hydrogens is 653 g/mol. The first-order valence-corrected chi connectivity index (χ1v) is 16.6. The lowest BCUT2D eigenvalue weighted by Gasteiger charge is -2.06. The molecule has 9 rings (SSSR count). The van der Waals surface area contributed by atoms with Crippen LogP contribution in [0.4, 0.5) is 11.6 Å². The molecule has 0 spiro atoms. The maximum absolute atomic E-state index is 4.75. The van der Waals surface area contributed by atoms with E-state index in [4.69, 9.17) is 4.98 Å². The lowest BCUT2D eigenvalue weighted by Crippen LogP contribution is -2.03. The number of hydrogen-bond acceptors (Lipinski definition) is 10. The molecule has 0 aliphatic rings. The van der Waals surface area contributed by atoms with E-state index in [1.54, 1.807) is 26.1 Å². The van der Waals surface area contributed by atoms with Crippen molar-refractivity contribution in [1.29, 1.82) is 0 Å². The number of nitrogens with one attached hydrogen (secondary N) is 2. The molecule has 0 atom stereocenters. The molecule has 1 aromatic carbocycles. The topological polar surface area (TPSA) is 146 Å². The molecule has 0 aliphatic carbocycles. The largest absolute Gasteiger partial charge is 0.366 e. The van der Waals surface area contributed by atoms with E-state index in [0.717, 1.165) is 62.9 Å². The van der Waals surface area contributed by atoms with Gasteiger partial charge in [-0.15, -0.1) is 0 Å². The summed E-state index contributed by atoms with van der Waals surface area (Å²) in [6.45, 7) is 2.06. The van der Waals surface area contributed by atoms with Crippen LogP contribution in [0, 0.1) is 0 Å². The predicted octanol–water partition coefficient (Wildman–Crippen LogP) is 5.79. The quantitative estimate of drug-likeness (QED) is 0.181. The van der Waals surface area contributed by atoms with E-state index >= 15 is 0 Å². The zero-order valence-electron chi connectivity index (χ0n) is 28.3. The third-order valence-corrected chi connectivity index (χ3v) is 8.28. The molecule has 0 bridgehead atoms. The van der Waals surface area contributed by atoms with E-state index in [-0.39, 0.29) is 0 Å². The van der Waals surface area contributed by atoms with E-state index < -0.39 is 0 Å². The highest BCUT2D eigenvalue weighted by Gasteiger charge is 2.12. The lowest BCUT2D eigenvalue weighted by molar-refractivity contribution is 0.687. The van der Waals surface area contributed by atoms with Gasteiger partial charge in [0.25, 0.3) is 0 Å². The van der Waals surface area contributed by atoms with Gasteiger partial charge in [0, 0.05) is 92.0 Å². The van der Waals surface area contributed by atoms with Crippen LogP contribution in [-0.4, -0.2) is 58.7 Å². The SMILES string of the molecule is Cn1cc(-c2cnn3ccc(NCc4cccnc4)nc23)cn1.c1ccc(Cn2cc(-c3cnn4ccc(NCc5cccnc5)nc34)cn2)cc1. The number of anilines is 2. The van der Waals surface area contributed by atoms with Gasteiger partial charge in [-0.05, 0) is 41.0 Å². The summed E-state index contributed by atoms with van der Waals surface area (Å²) < 4.78 is 7.23. The Balaban J connectivity index is 0.000000153. The summed E-state index contributed by atoms with van der Waals surface area (Å²) >= 11 is 0. The van der Waals surface area contributed by atoms with Crippen LogP contribution in [0.25, 0.3) is 33.5 Å². The summed E-state index contributed by atoms with van der Waals surface area (Å²) in [5, 5.41) is 24.1. The van der Waals surface area contributed by atoms with Crippen molar-refractivity contribution in [3.05, 3.63) is 158 Å². The van der Waals surface area contributed by atoms with Crippen LogP contribution in [-0.2, 0) is 26.7 Å². The number of rotatable bonds is 10. The van der Waals surface area contributed by atoms with Crippen LogP contribution >= 0.6 is 0 Å². The van der Waals surface area contributed by atoms with E-state index in [0.29, 0.717) is 13.1 Å². The van der Waals surface area contributed by atoms with E-state index in [1.165, 1.54) is 5.56 Å². The van der Waals surface area contributed by atoms with Crippen molar-refractivity contribution in [3.8, 4) is 22.3 Å². The first-order valence-electron chi connectivity index (χ1n) is 16.6. The molecule has 14 heteroatoms. The molecular formula is C38H34N14. The molecule has 256 valence electrons. The van der Waals surface area contributed by atoms with Gasteiger partial charge in [-0.3, -0.25) is 19.3 Å². The minimum absolute atomic E-state index is 0.662. The zero-order valence-corrected chi connectivity index (χ0v) is 28.3. The Labute approximate surface area is 298 Å². The molecule has 0 unspecified atom stereocenters. The summed E-state index contributed by atoms with van der Waals surface area (Å²) in [4.78, 5) is 17.7. The molecule has 8 heterocycles. The van der Waals surface area contributed by atoms with Crippen LogP contribution in [0.15, 0.2) is 141 Å². The van der Waals surface area contributed by atoms with Crippen molar-refractivity contribution < 1.29 is 0 Å². The molecule has 52 heavy (non-hydrogen) atoms. The fraction of sp³-hybridized carbons (Fsp3) is 0.105. The molecule has 0 aliphatic heterocycles. The molecule has 0 saturated carbocycles. The van der Waals surface area contributed by atoms with Gasteiger partial charge in [0.1, 0.15) is 11.6 Å². The van der Waals surface area contributed by atoms with Crippen molar-refractivity contribution in [2.45, 2.75) is 19.6 Å². The third-order valence-electron chi connectivity index (χ3n) is 8.28. The maximum atomic E-state index is 4.75. The fourth-order valence-electron chi connectivity index (χ4n) is 5.65. The van der Waals surface area contributed by atoms with E-state index in [1.807, 2.05) is 128 Å². The number of aryl methyl sites for hydroxylation is 1. The van der Waals surface area contributed by atoms with Crippen LogP contribution in [0.2, 0.25) is 0 Å². The first-order chi connectivity index (χ1) is 25.6. The first kappa shape index (κ1) is 32.0. The molecule has 9 aromatic rings. The number of benzene rings is 1. The van der Waals surface area contributed by atoms with Crippen LogP contribution in [0.1, 0.15) is 16.7 Å². The smallest absolute Gasteiger partial charge is 0.165 e.